The van der Waals surface area contributed by atoms with Crippen LogP contribution in [-0.2, 0) is 0 Å². The molecular formula is C9H8N4O2. The van der Waals surface area contributed by atoms with Crippen LogP contribution in [0.2, 0.25) is 0 Å². The summed E-state index contributed by atoms with van der Waals surface area (Å²) in [4.78, 5) is 24.0. The maximum Gasteiger partial charge on any atom is 0.341 e. The Hall–Kier alpha value is -2.08. The fraction of sp³-hybridized carbons (Fsp3) is 0.111. The van der Waals surface area contributed by atoms with E-state index in [2.05, 4.69) is 16.2 Å². The molecule has 1 aromatic rings. The molecule has 1 unspecified atom stereocenters. The Morgan fingerprint density at radius 3 is 2.80 bits per heavy atom. The minimum absolute atomic E-state index is 0.414. The third-order valence-corrected chi connectivity index (χ3v) is 2.51. The van der Waals surface area contributed by atoms with Gasteiger partial charge in [0.25, 0.3) is 0 Å². The van der Waals surface area contributed by atoms with Crippen LogP contribution in [0.4, 0.5) is 15.3 Å². The number of hydrazine groups is 1. The number of fused-ring (bicyclic) bond motifs is 3. The molecule has 4 amide bonds. The van der Waals surface area contributed by atoms with Gasteiger partial charge in [-0.3, -0.25) is 5.43 Å². The number of carbonyl (C=O) groups is 2. The normalized spacial score (nSPS) is 22.9. The van der Waals surface area contributed by atoms with Crippen molar-refractivity contribution >= 4 is 17.7 Å². The monoisotopic (exact) mass is 204 g/mol. The van der Waals surface area contributed by atoms with Crippen LogP contribution in [0, 0.1) is 0 Å². The summed E-state index contributed by atoms with van der Waals surface area (Å²) in [5.41, 5.74) is 6.77. The van der Waals surface area contributed by atoms with Crippen LogP contribution >= 0.6 is 0 Å². The smallest absolute Gasteiger partial charge is 0.307 e. The maximum atomic E-state index is 11.6. The highest BCUT2D eigenvalue weighted by atomic mass is 16.2. The molecule has 0 bridgehead atoms. The Kier molecular flexibility index (Phi) is 1.49. The van der Waals surface area contributed by atoms with E-state index in [4.69, 9.17) is 0 Å². The first-order valence-corrected chi connectivity index (χ1v) is 4.52. The van der Waals surface area contributed by atoms with Gasteiger partial charge < -0.3 is 5.32 Å². The summed E-state index contributed by atoms with van der Waals surface area (Å²) in [5.74, 6) is 0. The lowest BCUT2D eigenvalue weighted by molar-refractivity contribution is 0.193. The zero-order chi connectivity index (χ0) is 10.4. The average Bonchev–Trinajstić information content (AvgIpc) is 2.62. The highest BCUT2D eigenvalue weighted by molar-refractivity contribution is 6.04. The first kappa shape index (κ1) is 8.25. The van der Waals surface area contributed by atoms with Crippen molar-refractivity contribution in [1.82, 2.24) is 15.8 Å². The molecule has 2 aliphatic rings. The molecule has 0 aliphatic carbocycles. The van der Waals surface area contributed by atoms with Crippen molar-refractivity contribution in [1.29, 1.82) is 0 Å². The largest absolute Gasteiger partial charge is 0.341 e. The van der Waals surface area contributed by atoms with Gasteiger partial charge in [-0.1, -0.05) is 18.2 Å². The first-order valence-electron chi connectivity index (χ1n) is 4.52. The molecule has 0 radical (unpaired) electrons. The number of hydrogen-bond acceptors (Lipinski definition) is 3. The summed E-state index contributed by atoms with van der Waals surface area (Å²) in [5, 5.41) is 2.65. The number of para-hydroxylation sites is 1. The highest BCUT2D eigenvalue weighted by Gasteiger charge is 2.41. The quantitative estimate of drug-likeness (QED) is 0.584. The standard InChI is InChI=1S/C9H8N4O2/c14-8-10-6-4-2-1-3-5(6)7-11-12-9(15)13(7)8/h1-4,7,11H,(H,10,14)(H,12,15). The van der Waals surface area contributed by atoms with Crippen LogP contribution in [0.1, 0.15) is 11.7 Å². The second-order valence-electron chi connectivity index (χ2n) is 3.36. The fourth-order valence-corrected chi connectivity index (χ4v) is 1.82. The van der Waals surface area contributed by atoms with Gasteiger partial charge >= 0.3 is 12.1 Å². The lowest BCUT2D eigenvalue weighted by Crippen LogP contribution is -2.42. The van der Waals surface area contributed by atoms with Crippen LogP contribution in [0.25, 0.3) is 0 Å². The van der Waals surface area contributed by atoms with Gasteiger partial charge in [-0.2, -0.15) is 0 Å². The Balaban J connectivity index is 2.13. The zero-order valence-corrected chi connectivity index (χ0v) is 7.65. The van der Waals surface area contributed by atoms with E-state index in [1.165, 1.54) is 0 Å². The van der Waals surface area contributed by atoms with E-state index >= 15 is 0 Å². The number of imide groups is 1. The lowest BCUT2D eigenvalue weighted by atomic mass is 10.1. The van der Waals surface area contributed by atoms with Crippen LogP contribution in [0.3, 0.4) is 0 Å². The average molecular weight is 204 g/mol. The second-order valence-corrected chi connectivity index (χ2v) is 3.36. The number of hydrogen-bond donors (Lipinski definition) is 3. The molecule has 3 rings (SSSR count). The number of urea groups is 2. The molecule has 1 saturated heterocycles. The number of carbonyl (C=O) groups excluding carboxylic acids is 2. The molecule has 15 heavy (non-hydrogen) atoms. The van der Waals surface area contributed by atoms with Gasteiger partial charge in [-0.05, 0) is 6.07 Å². The second kappa shape index (κ2) is 2.71. The summed E-state index contributed by atoms with van der Waals surface area (Å²) >= 11 is 0. The Bertz CT molecular complexity index is 459. The molecule has 6 nitrogen and oxygen atoms in total. The van der Waals surface area contributed by atoms with Gasteiger partial charge in [0.05, 0.1) is 0 Å². The van der Waals surface area contributed by atoms with Gasteiger partial charge in [0.1, 0.15) is 6.17 Å². The Morgan fingerprint density at radius 2 is 1.93 bits per heavy atom. The van der Waals surface area contributed by atoms with Crippen molar-refractivity contribution in [2.24, 2.45) is 0 Å². The molecule has 3 N–H and O–H groups in total. The number of benzene rings is 1. The third kappa shape index (κ3) is 1.02. The number of nitrogens with one attached hydrogen (secondary N) is 3. The molecule has 1 atom stereocenters. The van der Waals surface area contributed by atoms with E-state index in [0.717, 1.165) is 16.2 Å². The Labute approximate surface area is 85.2 Å². The topological polar surface area (TPSA) is 73.5 Å². The third-order valence-electron chi connectivity index (χ3n) is 2.51. The van der Waals surface area contributed by atoms with Gasteiger partial charge in [0.2, 0.25) is 0 Å². The molecule has 1 aromatic carbocycles. The maximum absolute atomic E-state index is 11.6. The summed E-state index contributed by atoms with van der Waals surface area (Å²) in [7, 11) is 0. The van der Waals surface area contributed by atoms with E-state index < -0.39 is 18.2 Å². The minimum atomic E-state index is -0.438. The zero-order valence-electron chi connectivity index (χ0n) is 7.65. The van der Waals surface area contributed by atoms with Crippen LogP contribution in [0.15, 0.2) is 24.3 Å². The van der Waals surface area contributed by atoms with E-state index in [0.29, 0.717) is 0 Å². The van der Waals surface area contributed by atoms with Crippen molar-refractivity contribution < 1.29 is 9.59 Å². The van der Waals surface area contributed by atoms with Crippen molar-refractivity contribution in [2.75, 3.05) is 5.32 Å². The van der Waals surface area contributed by atoms with Crippen LogP contribution in [-0.4, -0.2) is 17.0 Å². The highest BCUT2D eigenvalue weighted by Crippen LogP contribution is 2.32. The molecule has 2 heterocycles. The number of rotatable bonds is 0. The summed E-state index contributed by atoms with van der Waals surface area (Å²) in [6.45, 7) is 0. The van der Waals surface area contributed by atoms with E-state index in [1.54, 1.807) is 6.07 Å². The van der Waals surface area contributed by atoms with Crippen molar-refractivity contribution in [3.8, 4) is 0 Å². The summed E-state index contributed by atoms with van der Waals surface area (Å²) in [6, 6.07) is 6.50. The van der Waals surface area contributed by atoms with E-state index in [-0.39, 0.29) is 0 Å². The predicted molar refractivity (Wildman–Crippen MR) is 51.7 cm³/mol. The Morgan fingerprint density at radius 1 is 1.13 bits per heavy atom. The van der Waals surface area contributed by atoms with Gasteiger partial charge in [0, 0.05) is 11.3 Å². The molecular weight excluding hydrogens is 196 g/mol. The molecule has 2 aliphatic heterocycles. The van der Waals surface area contributed by atoms with E-state index in [1.807, 2.05) is 18.2 Å². The van der Waals surface area contributed by atoms with Gasteiger partial charge in [-0.25, -0.2) is 19.9 Å². The molecule has 6 heteroatoms. The molecule has 0 spiro atoms. The van der Waals surface area contributed by atoms with Crippen molar-refractivity contribution in [3.63, 3.8) is 0 Å². The van der Waals surface area contributed by atoms with E-state index in [9.17, 15) is 9.59 Å². The summed E-state index contributed by atoms with van der Waals surface area (Å²) in [6.07, 6.45) is -0.414. The number of anilines is 1. The van der Waals surface area contributed by atoms with Gasteiger partial charge in [-0.15, -0.1) is 0 Å². The minimum Gasteiger partial charge on any atom is -0.307 e. The summed E-state index contributed by atoms with van der Waals surface area (Å²) < 4.78 is 0. The number of nitrogens with zero attached hydrogens (tertiary/aromatic N) is 1. The first-order chi connectivity index (χ1) is 7.27. The molecule has 0 aromatic heterocycles. The molecule has 0 saturated carbocycles. The van der Waals surface area contributed by atoms with Crippen molar-refractivity contribution in [3.05, 3.63) is 29.8 Å². The molecule has 76 valence electrons. The van der Waals surface area contributed by atoms with Crippen LogP contribution in [0.5, 0.6) is 0 Å². The lowest BCUT2D eigenvalue weighted by Gasteiger charge is -2.28. The van der Waals surface area contributed by atoms with Gasteiger partial charge in [0.15, 0.2) is 0 Å². The SMILES string of the molecule is O=C1NNC2c3ccccc3NC(=O)N12. The molecule has 1 fully saturated rings. The fourth-order valence-electron chi connectivity index (χ4n) is 1.82. The van der Waals surface area contributed by atoms with Crippen LogP contribution < -0.4 is 16.2 Å². The predicted octanol–water partition coefficient (Wildman–Crippen LogP) is 0.760. The number of amides is 4. The van der Waals surface area contributed by atoms with Crippen molar-refractivity contribution in [2.45, 2.75) is 6.17 Å².